The van der Waals surface area contributed by atoms with Gasteiger partial charge >= 0.3 is 5.97 Å². The molecule has 0 fully saturated rings. The van der Waals surface area contributed by atoms with Crippen molar-refractivity contribution in [2.24, 2.45) is 0 Å². The summed E-state index contributed by atoms with van der Waals surface area (Å²) < 4.78 is 0. The van der Waals surface area contributed by atoms with Crippen molar-refractivity contribution < 1.29 is 25.2 Å². The summed E-state index contributed by atoms with van der Waals surface area (Å²) in [5.74, 6) is -2.99. The smallest absolute Gasteiger partial charge is 0.336 e. The van der Waals surface area contributed by atoms with E-state index in [2.05, 4.69) is 6.92 Å². The zero-order chi connectivity index (χ0) is 23.6. The van der Waals surface area contributed by atoms with E-state index >= 15 is 0 Å². The molecule has 0 aromatic heterocycles. The van der Waals surface area contributed by atoms with Crippen molar-refractivity contribution in [2.75, 3.05) is 0 Å². The molecular formula is C27H46O5. The summed E-state index contributed by atoms with van der Waals surface area (Å²) in [4.78, 5) is 11.3. The molecule has 0 aliphatic heterocycles. The number of rotatable bonds is 20. The summed E-state index contributed by atoms with van der Waals surface area (Å²) in [7, 11) is 0. The van der Waals surface area contributed by atoms with Crippen molar-refractivity contribution in [3.63, 3.8) is 0 Å². The summed E-state index contributed by atoms with van der Waals surface area (Å²) in [6.07, 6.45) is 23.5. The highest BCUT2D eigenvalue weighted by molar-refractivity contribution is 5.91. The van der Waals surface area contributed by atoms with Gasteiger partial charge in [0.25, 0.3) is 0 Å². The van der Waals surface area contributed by atoms with Gasteiger partial charge in [0.1, 0.15) is 0 Å². The van der Waals surface area contributed by atoms with E-state index < -0.39 is 23.2 Å². The minimum absolute atomic E-state index is 0.148. The fourth-order valence-electron chi connectivity index (χ4n) is 4.33. The molecule has 32 heavy (non-hydrogen) atoms. The molecule has 0 spiro atoms. The van der Waals surface area contributed by atoms with Gasteiger partial charge in [0.15, 0.2) is 11.5 Å². The van der Waals surface area contributed by atoms with E-state index in [4.69, 9.17) is 0 Å². The van der Waals surface area contributed by atoms with E-state index in [0.29, 0.717) is 6.42 Å². The summed E-state index contributed by atoms with van der Waals surface area (Å²) in [5.41, 5.74) is 0.0501. The second-order valence-corrected chi connectivity index (χ2v) is 9.18. The van der Waals surface area contributed by atoms with Crippen molar-refractivity contribution in [1.29, 1.82) is 0 Å². The van der Waals surface area contributed by atoms with Crippen LogP contribution in [0.25, 0.3) is 0 Å². The lowest BCUT2D eigenvalue weighted by Crippen LogP contribution is -2.03. The van der Waals surface area contributed by atoms with Gasteiger partial charge in [-0.2, -0.15) is 0 Å². The van der Waals surface area contributed by atoms with Crippen molar-refractivity contribution in [2.45, 2.75) is 129 Å². The van der Waals surface area contributed by atoms with Crippen LogP contribution in [0.3, 0.4) is 0 Å². The maximum Gasteiger partial charge on any atom is 0.336 e. The molecule has 4 N–H and O–H groups in total. The van der Waals surface area contributed by atoms with E-state index in [9.17, 15) is 25.2 Å². The molecule has 0 saturated carbocycles. The molecule has 0 bridgehead atoms. The van der Waals surface area contributed by atoms with Crippen LogP contribution in [0.1, 0.15) is 138 Å². The number of hydrogen-bond acceptors (Lipinski definition) is 4. The first-order valence-corrected chi connectivity index (χ1v) is 13.0. The van der Waals surface area contributed by atoms with Gasteiger partial charge in [-0.3, -0.25) is 0 Å². The molecular weight excluding hydrogens is 404 g/mol. The first-order chi connectivity index (χ1) is 15.5. The zero-order valence-electron chi connectivity index (χ0n) is 20.2. The number of phenolic OH excluding ortho intramolecular Hbond substituents is 3. The first-order valence-electron chi connectivity index (χ1n) is 13.0. The number of benzene rings is 1. The lowest BCUT2D eigenvalue weighted by molar-refractivity contribution is 0.0694. The Labute approximate surface area is 194 Å². The monoisotopic (exact) mass is 450 g/mol. The Bertz CT molecular complexity index is 641. The van der Waals surface area contributed by atoms with E-state index in [1.807, 2.05) is 0 Å². The molecule has 0 radical (unpaired) electrons. The van der Waals surface area contributed by atoms with Crippen LogP contribution in [0.5, 0.6) is 17.2 Å². The quantitative estimate of drug-likeness (QED) is 0.119. The normalized spacial score (nSPS) is 11.2. The van der Waals surface area contributed by atoms with Crippen LogP contribution in [0.2, 0.25) is 0 Å². The summed E-state index contributed by atoms with van der Waals surface area (Å²) in [6.45, 7) is 2.27. The number of carboxylic acids is 1. The fourth-order valence-corrected chi connectivity index (χ4v) is 4.33. The van der Waals surface area contributed by atoms with Gasteiger partial charge < -0.3 is 20.4 Å². The number of aromatic carboxylic acids is 1. The van der Waals surface area contributed by atoms with Gasteiger partial charge in [0.2, 0.25) is 5.75 Å². The third-order valence-corrected chi connectivity index (χ3v) is 6.37. The van der Waals surface area contributed by atoms with Crippen LogP contribution in [-0.4, -0.2) is 26.4 Å². The van der Waals surface area contributed by atoms with Gasteiger partial charge in [0, 0.05) is 5.56 Å². The van der Waals surface area contributed by atoms with E-state index in [0.717, 1.165) is 25.3 Å². The summed E-state index contributed by atoms with van der Waals surface area (Å²) in [5, 5.41) is 38.4. The molecule has 1 aromatic carbocycles. The predicted molar refractivity (Wildman–Crippen MR) is 131 cm³/mol. The predicted octanol–water partition coefficient (Wildman–Crippen LogP) is 8.09. The molecule has 0 aliphatic carbocycles. The van der Waals surface area contributed by atoms with Gasteiger partial charge in [-0.15, -0.1) is 0 Å². The molecule has 0 saturated heterocycles. The molecule has 5 heteroatoms. The Morgan fingerprint density at radius 2 is 1.00 bits per heavy atom. The molecule has 0 heterocycles. The van der Waals surface area contributed by atoms with Gasteiger partial charge in [-0.05, 0) is 18.9 Å². The van der Waals surface area contributed by atoms with Crippen LogP contribution in [0.4, 0.5) is 0 Å². The van der Waals surface area contributed by atoms with Crippen LogP contribution in [-0.2, 0) is 6.42 Å². The lowest BCUT2D eigenvalue weighted by atomic mass is 9.98. The number of carboxylic acid groups (broad SMARTS) is 1. The minimum Gasteiger partial charge on any atom is -0.504 e. The molecule has 5 nitrogen and oxygen atoms in total. The Kier molecular flexibility index (Phi) is 15.5. The average molecular weight is 451 g/mol. The van der Waals surface area contributed by atoms with Gasteiger partial charge in [0.05, 0.1) is 5.56 Å². The third-order valence-electron chi connectivity index (χ3n) is 6.37. The SMILES string of the molecule is CCCCCCCCCCCCCCCCCCCCc1c(C(=O)O)cc(O)c(O)c1O. The van der Waals surface area contributed by atoms with E-state index in [1.54, 1.807) is 0 Å². The highest BCUT2D eigenvalue weighted by Crippen LogP contribution is 2.40. The zero-order valence-corrected chi connectivity index (χ0v) is 20.2. The van der Waals surface area contributed by atoms with Crippen LogP contribution in [0.15, 0.2) is 6.07 Å². The highest BCUT2D eigenvalue weighted by atomic mass is 16.4. The standard InChI is InChI=1S/C27H46O5/c1-2-3-4-5-6-7-8-9-10-11-12-13-14-15-16-17-18-19-20-22-23(27(31)32)21-24(28)26(30)25(22)29/h21,28-30H,2-20H2,1H3,(H,31,32). The van der Waals surface area contributed by atoms with Crippen molar-refractivity contribution in [3.05, 3.63) is 17.2 Å². The number of carbonyl (C=O) groups is 1. The van der Waals surface area contributed by atoms with E-state index in [-0.39, 0.29) is 11.1 Å². The second-order valence-electron chi connectivity index (χ2n) is 9.18. The summed E-state index contributed by atoms with van der Waals surface area (Å²) >= 11 is 0. The maximum atomic E-state index is 11.3. The van der Waals surface area contributed by atoms with Crippen molar-refractivity contribution >= 4 is 5.97 Å². The Morgan fingerprint density at radius 1 is 0.625 bits per heavy atom. The summed E-state index contributed by atoms with van der Waals surface area (Å²) in [6, 6.07) is 1.00. The first kappa shape index (κ1) is 28.1. The molecule has 0 aliphatic rings. The van der Waals surface area contributed by atoms with E-state index in [1.165, 1.54) is 96.3 Å². The van der Waals surface area contributed by atoms with Crippen LogP contribution >= 0.6 is 0 Å². The topological polar surface area (TPSA) is 98.0 Å². The van der Waals surface area contributed by atoms with Crippen molar-refractivity contribution in [3.8, 4) is 17.2 Å². The van der Waals surface area contributed by atoms with Crippen LogP contribution < -0.4 is 0 Å². The number of unbranched alkanes of at least 4 members (excludes halogenated alkanes) is 17. The molecule has 0 amide bonds. The Hall–Kier alpha value is -1.91. The Balaban J connectivity index is 1.98. The lowest BCUT2D eigenvalue weighted by Gasteiger charge is -2.11. The third kappa shape index (κ3) is 11.6. The van der Waals surface area contributed by atoms with Gasteiger partial charge in [-0.25, -0.2) is 4.79 Å². The van der Waals surface area contributed by atoms with Crippen LogP contribution in [0, 0.1) is 0 Å². The van der Waals surface area contributed by atoms with Gasteiger partial charge in [-0.1, -0.05) is 116 Å². The number of aromatic hydroxyl groups is 3. The maximum absolute atomic E-state index is 11.3. The largest absolute Gasteiger partial charge is 0.504 e. The highest BCUT2D eigenvalue weighted by Gasteiger charge is 2.20. The molecule has 0 atom stereocenters. The Morgan fingerprint density at radius 3 is 1.38 bits per heavy atom. The average Bonchev–Trinajstić information content (AvgIpc) is 2.77. The minimum atomic E-state index is -1.21. The van der Waals surface area contributed by atoms with Crippen molar-refractivity contribution in [1.82, 2.24) is 0 Å². The second kappa shape index (κ2) is 17.6. The molecule has 1 aromatic rings. The fraction of sp³-hybridized carbons (Fsp3) is 0.741. The number of phenols is 3. The number of hydrogen-bond donors (Lipinski definition) is 4. The molecule has 1 rings (SSSR count). The molecule has 184 valence electrons. The molecule has 0 unspecified atom stereocenters.